The molecule has 0 aliphatic carbocycles. The molecule has 4 rings (SSSR count). The van der Waals surface area contributed by atoms with Crippen molar-refractivity contribution in [2.24, 2.45) is 0 Å². The third kappa shape index (κ3) is 6.63. The zero-order valence-corrected chi connectivity index (χ0v) is 23.3. The molecule has 5 nitrogen and oxygen atoms in total. The van der Waals surface area contributed by atoms with Crippen LogP contribution in [-0.4, -0.2) is 19.9 Å². The number of anilines is 1. The lowest BCUT2D eigenvalue weighted by Crippen LogP contribution is -2.45. The van der Waals surface area contributed by atoms with Gasteiger partial charge in [0, 0.05) is 10.6 Å². The average molecular weight is 547 g/mol. The number of rotatable bonds is 9. The first-order chi connectivity index (χ1) is 18.0. The van der Waals surface area contributed by atoms with Crippen LogP contribution >= 0.6 is 11.6 Å². The van der Waals surface area contributed by atoms with Gasteiger partial charge in [-0.1, -0.05) is 83.9 Å². The number of para-hydroxylation sites is 1. The van der Waals surface area contributed by atoms with Crippen molar-refractivity contribution in [3.63, 3.8) is 0 Å². The van der Waals surface area contributed by atoms with Gasteiger partial charge in [0.2, 0.25) is 0 Å². The molecule has 0 aromatic heterocycles. The predicted octanol–water partition coefficient (Wildman–Crippen LogP) is 6.80. The Kier molecular flexibility index (Phi) is 8.24. The van der Waals surface area contributed by atoms with Crippen LogP contribution in [0, 0.1) is 6.92 Å². The molecule has 38 heavy (non-hydrogen) atoms. The Hall–Kier alpha value is -3.61. The van der Waals surface area contributed by atoms with Gasteiger partial charge < -0.3 is 5.32 Å². The van der Waals surface area contributed by atoms with Crippen LogP contribution in [0.1, 0.15) is 40.9 Å². The predicted molar refractivity (Wildman–Crippen MR) is 154 cm³/mol. The number of amides is 1. The van der Waals surface area contributed by atoms with Gasteiger partial charge >= 0.3 is 0 Å². The lowest BCUT2D eigenvalue weighted by Gasteiger charge is -2.29. The first-order valence-corrected chi connectivity index (χ1v) is 14.2. The molecule has 7 heteroatoms. The van der Waals surface area contributed by atoms with Gasteiger partial charge in [0.1, 0.15) is 0 Å². The maximum Gasteiger partial charge on any atom is 0.264 e. The minimum Gasteiger partial charge on any atom is -0.347 e. The van der Waals surface area contributed by atoms with Crippen LogP contribution < -0.4 is 9.62 Å². The van der Waals surface area contributed by atoms with Crippen molar-refractivity contribution in [1.82, 2.24) is 5.32 Å². The summed E-state index contributed by atoms with van der Waals surface area (Å²) in [4.78, 5) is 13.8. The Morgan fingerprint density at radius 1 is 0.816 bits per heavy atom. The standard InChI is InChI=1S/C31H31ClN2O3S/c1-23-13-19-27(20-14-23)38(36,37)34(22-25-15-17-26(32)18-16-25)29-12-8-7-11-28(29)30(35)33-31(2,3)21-24-9-5-4-6-10-24/h4-20H,21-22H2,1-3H3,(H,33,35). The number of sulfonamides is 1. The second kappa shape index (κ2) is 11.4. The van der Waals surface area contributed by atoms with Gasteiger partial charge in [0.25, 0.3) is 15.9 Å². The molecule has 0 radical (unpaired) electrons. The molecule has 0 saturated carbocycles. The molecule has 196 valence electrons. The molecule has 0 aliphatic heterocycles. The summed E-state index contributed by atoms with van der Waals surface area (Å²) >= 11 is 6.07. The van der Waals surface area contributed by atoms with Gasteiger partial charge in [0.05, 0.1) is 22.7 Å². The van der Waals surface area contributed by atoms with E-state index < -0.39 is 15.6 Å². The van der Waals surface area contributed by atoms with E-state index in [9.17, 15) is 13.2 Å². The number of hydrogen-bond acceptors (Lipinski definition) is 3. The van der Waals surface area contributed by atoms with Gasteiger partial charge in [-0.3, -0.25) is 9.10 Å². The lowest BCUT2D eigenvalue weighted by atomic mass is 9.94. The molecular weight excluding hydrogens is 516 g/mol. The Balaban J connectivity index is 1.73. The first-order valence-electron chi connectivity index (χ1n) is 12.3. The number of hydrogen-bond donors (Lipinski definition) is 1. The number of nitrogens with one attached hydrogen (secondary N) is 1. The van der Waals surface area contributed by atoms with Crippen LogP contribution in [-0.2, 0) is 23.0 Å². The van der Waals surface area contributed by atoms with Crippen LogP contribution in [0.2, 0.25) is 5.02 Å². The number of benzene rings is 4. The fourth-order valence-corrected chi connectivity index (χ4v) is 5.90. The zero-order chi connectivity index (χ0) is 27.3. The van der Waals surface area contributed by atoms with Gasteiger partial charge in [-0.05, 0) is 74.7 Å². The van der Waals surface area contributed by atoms with Crippen LogP contribution in [0.3, 0.4) is 0 Å². The maximum atomic E-state index is 14.0. The Morgan fingerprint density at radius 3 is 2.08 bits per heavy atom. The highest BCUT2D eigenvalue weighted by atomic mass is 35.5. The van der Waals surface area contributed by atoms with Gasteiger partial charge in [-0.2, -0.15) is 0 Å². The summed E-state index contributed by atoms with van der Waals surface area (Å²) in [5.74, 6) is -0.346. The minimum absolute atomic E-state index is 0.0328. The van der Waals surface area contributed by atoms with Crippen molar-refractivity contribution < 1.29 is 13.2 Å². The maximum absolute atomic E-state index is 14.0. The monoisotopic (exact) mass is 546 g/mol. The van der Waals surface area contributed by atoms with E-state index in [1.807, 2.05) is 51.1 Å². The summed E-state index contributed by atoms with van der Waals surface area (Å²) in [6.45, 7) is 5.84. The minimum atomic E-state index is -4.01. The molecule has 0 fully saturated rings. The Morgan fingerprint density at radius 2 is 1.42 bits per heavy atom. The van der Waals surface area contributed by atoms with Crippen molar-refractivity contribution in [3.8, 4) is 0 Å². The number of aryl methyl sites for hydroxylation is 1. The molecule has 0 aliphatic rings. The second-order valence-electron chi connectivity index (χ2n) is 9.97. The molecule has 4 aromatic carbocycles. The highest BCUT2D eigenvalue weighted by Gasteiger charge is 2.30. The summed E-state index contributed by atoms with van der Waals surface area (Å²) < 4.78 is 29.3. The normalized spacial score (nSPS) is 11.7. The zero-order valence-electron chi connectivity index (χ0n) is 21.7. The van der Waals surface area contributed by atoms with Crippen LogP contribution in [0.15, 0.2) is 108 Å². The van der Waals surface area contributed by atoms with E-state index in [4.69, 9.17) is 11.6 Å². The van der Waals surface area contributed by atoms with Crippen molar-refractivity contribution >= 4 is 33.2 Å². The Labute approximate surface area is 230 Å². The summed E-state index contributed by atoms with van der Waals surface area (Å²) in [6.07, 6.45) is 0.623. The highest BCUT2D eigenvalue weighted by molar-refractivity contribution is 7.92. The third-order valence-electron chi connectivity index (χ3n) is 6.21. The van der Waals surface area contributed by atoms with E-state index >= 15 is 0 Å². The second-order valence-corrected chi connectivity index (χ2v) is 12.3. The Bertz CT molecular complexity index is 1500. The van der Waals surface area contributed by atoms with Crippen molar-refractivity contribution in [2.75, 3.05) is 4.31 Å². The summed E-state index contributed by atoms with van der Waals surface area (Å²) in [5, 5.41) is 3.67. The van der Waals surface area contributed by atoms with E-state index in [1.165, 1.54) is 4.31 Å². The van der Waals surface area contributed by atoms with Crippen LogP contribution in [0.25, 0.3) is 0 Å². The summed E-state index contributed by atoms with van der Waals surface area (Å²) in [5.41, 5.74) is 2.80. The van der Waals surface area contributed by atoms with E-state index in [0.717, 1.165) is 16.7 Å². The molecule has 1 N–H and O–H groups in total. The van der Waals surface area contributed by atoms with Crippen molar-refractivity contribution in [2.45, 2.75) is 44.2 Å². The third-order valence-corrected chi connectivity index (χ3v) is 8.23. The van der Waals surface area contributed by atoms with Crippen molar-refractivity contribution in [3.05, 3.63) is 130 Å². The summed E-state index contributed by atoms with van der Waals surface area (Å²) in [6, 6.07) is 30.4. The fraction of sp³-hybridized carbons (Fsp3) is 0.194. The lowest BCUT2D eigenvalue weighted by molar-refractivity contribution is 0.0913. The van der Waals surface area contributed by atoms with Gasteiger partial charge in [-0.25, -0.2) is 8.42 Å². The average Bonchev–Trinajstić information content (AvgIpc) is 2.88. The first kappa shape index (κ1) is 27.4. The van der Waals surface area contributed by atoms with E-state index in [1.54, 1.807) is 72.8 Å². The fourth-order valence-electron chi connectivity index (χ4n) is 4.30. The molecule has 0 atom stereocenters. The molecule has 4 aromatic rings. The number of carbonyl (C=O) groups excluding carboxylic acids is 1. The molecule has 0 bridgehead atoms. The number of halogens is 1. The SMILES string of the molecule is Cc1ccc(S(=O)(=O)N(Cc2ccc(Cl)cc2)c2ccccc2C(=O)NC(C)(C)Cc2ccccc2)cc1. The molecule has 0 saturated heterocycles. The van der Waals surface area contributed by atoms with Crippen LogP contribution in [0.5, 0.6) is 0 Å². The quantitative estimate of drug-likeness (QED) is 0.251. The smallest absolute Gasteiger partial charge is 0.264 e. The van der Waals surface area contributed by atoms with Gasteiger partial charge in [0.15, 0.2) is 0 Å². The van der Waals surface area contributed by atoms with E-state index in [0.29, 0.717) is 17.1 Å². The van der Waals surface area contributed by atoms with E-state index in [2.05, 4.69) is 5.32 Å². The molecule has 0 spiro atoms. The molecular formula is C31H31ClN2O3S. The molecule has 1 amide bonds. The molecule has 0 heterocycles. The topological polar surface area (TPSA) is 66.5 Å². The van der Waals surface area contributed by atoms with Crippen molar-refractivity contribution in [1.29, 1.82) is 0 Å². The number of carbonyl (C=O) groups is 1. The van der Waals surface area contributed by atoms with E-state index in [-0.39, 0.29) is 22.9 Å². The largest absolute Gasteiger partial charge is 0.347 e. The summed E-state index contributed by atoms with van der Waals surface area (Å²) in [7, 11) is -4.01. The molecule has 0 unspecified atom stereocenters. The van der Waals surface area contributed by atoms with Gasteiger partial charge in [-0.15, -0.1) is 0 Å². The highest BCUT2D eigenvalue weighted by Crippen LogP contribution is 2.30. The van der Waals surface area contributed by atoms with Crippen LogP contribution in [0.4, 0.5) is 5.69 Å². The number of nitrogens with zero attached hydrogens (tertiary/aromatic N) is 1.